The van der Waals surface area contributed by atoms with Gasteiger partial charge in [-0.1, -0.05) is 6.07 Å². The summed E-state index contributed by atoms with van der Waals surface area (Å²) in [6.07, 6.45) is 0.944. The van der Waals surface area contributed by atoms with Crippen molar-refractivity contribution in [3.05, 3.63) is 52.5 Å². The Morgan fingerprint density at radius 3 is 2.96 bits per heavy atom. The lowest BCUT2D eigenvalue weighted by Gasteiger charge is -2.11. The van der Waals surface area contributed by atoms with E-state index in [-0.39, 0.29) is 11.9 Å². The molecule has 26 heavy (non-hydrogen) atoms. The predicted octanol–water partition coefficient (Wildman–Crippen LogP) is 3.18. The number of aryl methyl sites for hydroxylation is 2. The van der Waals surface area contributed by atoms with Crippen LogP contribution in [-0.4, -0.2) is 33.9 Å². The third-order valence-electron chi connectivity index (χ3n) is 5.08. The Kier molecular flexibility index (Phi) is 4.28. The highest BCUT2D eigenvalue weighted by Crippen LogP contribution is 2.24. The summed E-state index contributed by atoms with van der Waals surface area (Å²) in [7, 11) is 0. The minimum absolute atomic E-state index is 0.0736. The second-order valence-corrected chi connectivity index (χ2v) is 7.06. The molecule has 1 unspecified atom stereocenters. The highest BCUT2D eigenvalue weighted by atomic mass is 16.5. The van der Waals surface area contributed by atoms with Crippen molar-refractivity contribution in [2.45, 2.75) is 39.8 Å². The Bertz CT molecular complexity index is 964. The molecule has 0 saturated carbocycles. The van der Waals surface area contributed by atoms with Crippen LogP contribution in [0.25, 0.3) is 10.9 Å². The van der Waals surface area contributed by atoms with Gasteiger partial charge in [0.1, 0.15) is 0 Å². The summed E-state index contributed by atoms with van der Waals surface area (Å²) in [4.78, 5) is 16.1. The van der Waals surface area contributed by atoms with Gasteiger partial charge in [0.2, 0.25) is 0 Å². The largest absolute Gasteiger partial charge is 0.379 e. The lowest BCUT2D eigenvalue weighted by Crippen LogP contribution is -2.24. The molecule has 1 aliphatic heterocycles. The second-order valence-electron chi connectivity index (χ2n) is 7.06. The Labute approximate surface area is 152 Å². The van der Waals surface area contributed by atoms with Crippen LogP contribution in [0.4, 0.5) is 0 Å². The first-order valence-electron chi connectivity index (χ1n) is 9.03. The van der Waals surface area contributed by atoms with Crippen molar-refractivity contribution in [1.29, 1.82) is 0 Å². The number of benzene rings is 1. The van der Waals surface area contributed by atoms with Crippen LogP contribution >= 0.6 is 0 Å². The zero-order valence-corrected chi connectivity index (χ0v) is 15.4. The average Bonchev–Trinajstić information content (AvgIpc) is 3.31. The van der Waals surface area contributed by atoms with Crippen LogP contribution in [0, 0.1) is 20.8 Å². The molecule has 3 heterocycles. The summed E-state index contributed by atoms with van der Waals surface area (Å²) in [6.45, 7) is 7.81. The fraction of sp³-hybridized carbons (Fsp3) is 0.400. The van der Waals surface area contributed by atoms with Crippen molar-refractivity contribution >= 4 is 16.8 Å². The average molecular weight is 352 g/mol. The van der Waals surface area contributed by atoms with Gasteiger partial charge in [0, 0.05) is 30.1 Å². The molecule has 1 aromatic carbocycles. The Morgan fingerprint density at radius 2 is 2.19 bits per heavy atom. The third-order valence-corrected chi connectivity index (χ3v) is 5.08. The molecule has 1 aliphatic rings. The summed E-state index contributed by atoms with van der Waals surface area (Å²) in [5.74, 6) is -0.0736. The molecule has 136 valence electrons. The van der Waals surface area contributed by atoms with Crippen molar-refractivity contribution in [2.75, 3.05) is 13.2 Å². The number of carbonyl (C=O) groups is 1. The molecule has 3 aromatic rings. The minimum atomic E-state index is -0.0736. The third kappa shape index (κ3) is 3.01. The monoisotopic (exact) mass is 352 g/mol. The molecule has 0 bridgehead atoms. The lowest BCUT2D eigenvalue weighted by atomic mass is 10.1. The first-order chi connectivity index (χ1) is 12.5. The van der Waals surface area contributed by atoms with Gasteiger partial charge in [0.05, 0.1) is 23.9 Å². The topological polar surface area (TPSA) is 71.9 Å². The van der Waals surface area contributed by atoms with E-state index in [2.05, 4.69) is 33.6 Å². The Morgan fingerprint density at radius 1 is 1.35 bits per heavy atom. The number of nitrogens with one attached hydrogen (secondary N) is 2. The van der Waals surface area contributed by atoms with Gasteiger partial charge in [-0.15, -0.1) is 0 Å². The van der Waals surface area contributed by atoms with Gasteiger partial charge in [-0.2, -0.15) is 5.10 Å². The van der Waals surface area contributed by atoms with Crippen LogP contribution in [0.3, 0.4) is 0 Å². The molecule has 1 saturated heterocycles. The maximum absolute atomic E-state index is 12.8. The molecule has 1 atom stereocenters. The van der Waals surface area contributed by atoms with E-state index in [1.54, 1.807) is 0 Å². The van der Waals surface area contributed by atoms with Crippen LogP contribution in [0.1, 0.15) is 45.5 Å². The molecule has 4 rings (SSSR count). The zero-order valence-electron chi connectivity index (χ0n) is 15.4. The van der Waals surface area contributed by atoms with E-state index < -0.39 is 0 Å². The van der Waals surface area contributed by atoms with Gasteiger partial charge in [-0.25, -0.2) is 0 Å². The van der Waals surface area contributed by atoms with E-state index in [4.69, 9.17) is 4.74 Å². The standard InChI is InChI=1S/C20H24N4O2/c1-12-8-16-9-15(4-5-18(16)22-12)10-21-20(25)19-13(2)23-24(14(19)3)17-6-7-26-11-17/h4-5,8-9,17,22H,6-7,10-11H2,1-3H3,(H,21,25). The zero-order chi connectivity index (χ0) is 18.3. The van der Waals surface area contributed by atoms with E-state index in [1.165, 1.54) is 0 Å². The number of H-pyrrole nitrogens is 1. The van der Waals surface area contributed by atoms with E-state index in [1.807, 2.05) is 31.5 Å². The number of aromatic nitrogens is 3. The van der Waals surface area contributed by atoms with E-state index in [0.29, 0.717) is 18.7 Å². The molecule has 0 spiro atoms. The van der Waals surface area contributed by atoms with Gasteiger partial charge in [-0.3, -0.25) is 9.48 Å². The van der Waals surface area contributed by atoms with E-state index >= 15 is 0 Å². The van der Waals surface area contributed by atoms with E-state index in [0.717, 1.165) is 46.6 Å². The SMILES string of the molecule is Cc1cc2cc(CNC(=O)c3c(C)nn(C4CCOC4)c3C)ccc2[nH]1. The maximum Gasteiger partial charge on any atom is 0.255 e. The van der Waals surface area contributed by atoms with Crippen LogP contribution in [0.15, 0.2) is 24.3 Å². The number of rotatable bonds is 4. The second kappa shape index (κ2) is 6.61. The van der Waals surface area contributed by atoms with Crippen LogP contribution in [0.2, 0.25) is 0 Å². The van der Waals surface area contributed by atoms with Crippen molar-refractivity contribution in [1.82, 2.24) is 20.1 Å². The predicted molar refractivity (Wildman–Crippen MR) is 100 cm³/mol. The maximum atomic E-state index is 12.8. The van der Waals surface area contributed by atoms with Gasteiger partial charge in [0.15, 0.2) is 0 Å². The smallest absolute Gasteiger partial charge is 0.255 e. The number of ether oxygens (including phenoxy) is 1. The molecule has 1 fully saturated rings. The summed E-state index contributed by atoms with van der Waals surface area (Å²) < 4.78 is 7.40. The molecular weight excluding hydrogens is 328 g/mol. The summed E-state index contributed by atoms with van der Waals surface area (Å²) >= 11 is 0. The molecule has 6 nitrogen and oxygen atoms in total. The molecular formula is C20H24N4O2. The summed E-state index contributed by atoms with van der Waals surface area (Å²) in [6, 6.07) is 8.55. The molecule has 0 radical (unpaired) electrons. The highest BCUT2D eigenvalue weighted by Gasteiger charge is 2.25. The first-order valence-corrected chi connectivity index (χ1v) is 9.03. The highest BCUT2D eigenvalue weighted by molar-refractivity contribution is 5.96. The number of amides is 1. The summed E-state index contributed by atoms with van der Waals surface area (Å²) in [5, 5.41) is 8.78. The lowest BCUT2D eigenvalue weighted by molar-refractivity contribution is 0.0949. The molecule has 6 heteroatoms. The molecule has 0 aliphatic carbocycles. The number of hydrogen-bond acceptors (Lipinski definition) is 3. The van der Waals surface area contributed by atoms with Crippen molar-refractivity contribution in [3.63, 3.8) is 0 Å². The fourth-order valence-corrected chi connectivity index (χ4v) is 3.77. The summed E-state index contributed by atoms with van der Waals surface area (Å²) in [5.41, 5.74) is 5.68. The normalized spacial score (nSPS) is 17.1. The first kappa shape index (κ1) is 16.8. The van der Waals surface area contributed by atoms with Gasteiger partial charge in [0.25, 0.3) is 5.91 Å². The van der Waals surface area contributed by atoms with Crippen LogP contribution < -0.4 is 5.32 Å². The van der Waals surface area contributed by atoms with Gasteiger partial charge in [-0.05, 0) is 56.3 Å². The van der Waals surface area contributed by atoms with Gasteiger partial charge >= 0.3 is 0 Å². The van der Waals surface area contributed by atoms with Gasteiger partial charge < -0.3 is 15.0 Å². The van der Waals surface area contributed by atoms with Crippen LogP contribution in [-0.2, 0) is 11.3 Å². The fourth-order valence-electron chi connectivity index (χ4n) is 3.77. The number of fused-ring (bicyclic) bond motifs is 1. The van der Waals surface area contributed by atoms with Crippen molar-refractivity contribution < 1.29 is 9.53 Å². The van der Waals surface area contributed by atoms with Crippen molar-refractivity contribution in [3.8, 4) is 0 Å². The van der Waals surface area contributed by atoms with Crippen LogP contribution in [0.5, 0.6) is 0 Å². The number of aromatic amines is 1. The molecule has 2 aromatic heterocycles. The quantitative estimate of drug-likeness (QED) is 0.757. The Balaban J connectivity index is 1.50. The minimum Gasteiger partial charge on any atom is -0.379 e. The Hall–Kier alpha value is -2.60. The molecule has 2 N–H and O–H groups in total. The molecule has 1 amide bonds. The number of nitrogens with zero attached hydrogens (tertiary/aromatic N) is 2. The number of hydrogen-bond donors (Lipinski definition) is 2. The number of carbonyl (C=O) groups excluding carboxylic acids is 1. The van der Waals surface area contributed by atoms with Crippen molar-refractivity contribution in [2.24, 2.45) is 0 Å². The van der Waals surface area contributed by atoms with E-state index in [9.17, 15) is 4.79 Å².